The quantitative estimate of drug-likeness (QED) is 0.425. The minimum absolute atomic E-state index is 0.0608. The van der Waals surface area contributed by atoms with Crippen molar-refractivity contribution < 1.29 is 9.59 Å². The Hall–Kier alpha value is -3.35. The normalized spacial score (nSPS) is 16.1. The fourth-order valence-electron chi connectivity index (χ4n) is 3.25. The number of amides is 3. The lowest BCUT2D eigenvalue weighted by Crippen LogP contribution is -2.45. The minimum atomic E-state index is -0.727. The second-order valence-electron chi connectivity index (χ2n) is 6.73. The van der Waals surface area contributed by atoms with Gasteiger partial charge in [-0.15, -0.1) is 11.3 Å². The maximum absolute atomic E-state index is 12.8. The Bertz CT molecular complexity index is 1120. The third-order valence-electron chi connectivity index (χ3n) is 4.60. The molecule has 0 aliphatic carbocycles. The van der Waals surface area contributed by atoms with Crippen LogP contribution in [-0.4, -0.2) is 41.3 Å². The van der Waals surface area contributed by atoms with E-state index in [2.05, 4.69) is 38.0 Å². The molecule has 6 N–H and O–H groups in total. The predicted octanol–water partition coefficient (Wildman–Crippen LogP) is 2.00. The summed E-state index contributed by atoms with van der Waals surface area (Å²) in [5, 5.41) is 16.9. The zero-order valence-electron chi connectivity index (χ0n) is 15.5. The fourth-order valence-corrected chi connectivity index (χ4v) is 4.12. The van der Waals surface area contributed by atoms with Crippen LogP contribution in [0.2, 0.25) is 0 Å². The largest absolute Gasteiger partial charge is 0.351 e. The molecule has 29 heavy (non-hydrogen) atoms. The molecule has 148 valence electrons. The molecule has 1 aromatic carbocycles. The molecular weight excluding hydrogens is 388 g/mol. The highest BCUT2D eigenvalue weighted by Gasteiger charge is 2.21. The van der Waals surface area contributed by atoms with Crippen molar-refractivity contribution in [3.05, 3.63) is 45.8 Å². The first-order valence-electron chi connectivity index (χ1n) is 9.27. The summed E-state index contributed by atoms with van der Waals surface area (Å²) in [5.74, 6) is 5.86. The van der Waals surface area contributed by atoms with Crippen molar-refractivity contribution in [2.45, 2.75) is 18.9 Å². The molecule has 1 unspecified atom stereocenters. The van der Waals surface area contributed by atoms with E-state index >= 15 is 0 Å². The van der Waals surface area contributed by atoms with Gasteiger partial charge in [-0.05, 0) is 49.4 Å². The number of nitrogens with two attached hydrogens (primary N) is 1. The van der Waals surface area contributed by atoms with Gasteiger partial charge < -0.3 is 21.7 Å². The van der Waals surface area contributed by atoms with Crippen molar-refractivity contribution in [3.8, 4) is 11.8 Å². The summed E-state index contributed by atoms with van der Waals surface area (Å²) in [5.41, 5.74) is 7.15. The van der Waals surface area contributed by atoms with Gasteiger partial charge in [0, 0.05) is 18.0 Å². The molecule has 1 aliphatic rings. The lowest BCUT2D eigenvalue weighted by Gasteiger charge is -2.23. The van der Waals surface area contributed by atoms with Gasteiger partial charge in [0.05, 0.1) is 16.1 Å². The van der Waals surface area contributed by atoms with E-state index in [-0.39, 0.29) is 11.9 Å². The molecule has 1 saturated heterocycles. The molecule has 0 radical (unpaired) electrons. The van der Waals surface area contributed by atoms with Crippen LogP contribution < -0.4 is 21.7 Å². The van der Waals surface area contributed by atoms with Gasteiger partial charge in [0.15, 0.2) is 0 Å². The zero-order chi connectivity index (χ0) is 20.2. The lowest BCUT2D eigenvalue weighted by atomic mass is 10.1. The van der Waals surface area contributed by atoms with E-state index in [1.54, 1.807) is 6.07 Å². The molecule has 9 heteroatoms. The topological polar surface area (TPSA) is 125 Å². The summed E-state index contributed by atoms with van der Waals surface area (Å²) in [4.78, 5) is 25.1. The van der Waals surface area contributed by atoms with E-state index < -0.39 is 6.03 Å². The first kappa shape index (κ1) is 19.0. The van der Waals surface area contributed by atoms with E-state index in [1.165, 1.54) is 11.3 Å². The van der Waals surface area contributed by atoms with Crippen molar-refractivity contribution >= 4 is 39.9 Å². The number of H-pyrrole nitrogens is 1. The Balaban J connectivity index is 1.60. The number of piperidine rings is 1. The molecule has 0 saturated carbocycles. The molecule has 0 spiro atoms. The first-order chi connectivity index (χ1) is 14.1. The number of hydrogen-bond donors (Lipinski definition) is 5. The standard InChI is InChI=1S/C20H20N6O2S/c21-20(28)24-17-10-13(7-8-16-14-5-1-2-6-15(14)25-26-16)29-18(17)19(27)23-12-4-3-9-22-11-12/h1-2,5-6,10,12,22H,3-4,9,11H2,(H,23,27)(H,25,26)(H3,21,24,28). The van der Waals surface area contributed by atoms with E-state index in [0.717, 1.165) is 36.8 Å². The van der Waals surface area contributed by atoms with Gasteiger partial charge in [-0.3, -0.25) is 9.89 Å². The number of benzene rings is 1. The third kappa shape index (κ3) is 4.39. The van der Waals surface area contributed by atoms with Gasteiger partial charge >= 0.3 is 6.03 Å². The zero-order valence-corrected chi connectivity index (χ0v) is 16.4. The number of fused-ring (bicyclic) bond motifs is 1. The Kier molecular flexibility index (Phi) is 5.46. The van der Waals surface area contributed by atoms with Crippen molar-refractivity contribution in [2.75, 3.05) is 18.4 Å². The van der Waals surface area contributed by atoms with E-state index in [9.17, 15) is 9.59 Å². The Morgan fingerprint density at radius 3 is 2.93 bits per heavy atom. The summed E-state index contributed by atoms with van der Waals surface area (Å²) < 4.78 is 0. The second-order valence-corrected chi connectivity index (χ2v) is 7.78. The summed E-state index contributed by atoms with van der Waals surface area (Å²) in [6.45, 7) is 1.69. The van der Waals surface area contributed by atoms with Crippen LogP contribution >= 0.6 is 11.3 Å². The number of para-hydroxylation sites is 1. The minimum Gasteiger partial charge on any atom is -0.351 e. The number of primary amides is 1. The highest BCUT2D eigenvalue weighted by Crippen LogP contribution is 2.27. The number of carbonyl (C=O) groups is 2. The van der Waals surface area contributed by atoms with E-state index in [4.69, 9.17) is 5.73 Å². The molecule has 4 rings (SSSR count). The number of nitrogens with one attached hydrogen (secondary N) is 4. The highest BCUT2D eigenvalue weighted by atomic mass is 32.1. The molecule has 8 nitrogen and oxygen atoms in total. The smallest absolute Gasteiger partial charge is 0.316 e. The molecule has 2 aromatic heterocycles. The number of nitrogens with zero attached hydrogens (tertiary/aromatic N) is 1. The summed E-state index contributed by atoms with van der Waals surface area (Å²) in [7, 11) is 0. The van der Waals surface area contributed by atoms with Crippen LogP contribution in [0, 0.1) is 11.8 Å². The number of carbonyl (C=O) groups excluding carboxylic acids is 2. The highest BCUT2D eigenvalue weighted by molar-refractivity contribution is 7.15. The molecule has 3 amide bonds. The van der Waals surface area contributed by atoms with Crippen LogP contribution in [0.15, 0.2) is 30.3 Å². The second kappa shape index (κ2) is 8.34. The predicted molar refractivity (Wildman–Crippen MR) is 113 cm³/mol. The fraction of sp³-hybridized carbons (Fsp3) is 0.250. The Morgan fingerprint density at radius 2 is 2.14 bits per heavy atom. The molecular formula is C20H20N6O2S. The van der Waals surface area contributed by atoms with Gasteiger partial charge in [-0.2, -0.15) is 5.10 Å². The molecule has 1 fully saturated rings. The van der Waals surface area contributed by atoms with Crippen LogP contribution in [0.4, 0.5) is 10.5 Å². The average Bonchev–Trinajstić information content (AvgIpc) is 3.30. The lowest BCUT2D eigenvalue weighted by molar-refractivity contribution is 0.0935. The maximum Gasteiger partial charge on any atom is 0.316 e. The van der Waals surface area contributed by atoms with Gasteiger partial charge in [-0.25, -0.2) is 4.79 Å². The molecule has 0 bridgehead atoms. The first-order valence-corrected chi connectivity index (χ1v) is 10.1. The third-order valence-corrected chi connectivity index (χ3v) is 5.65. The summed E-state index contributed by atoms with van der Waals surface area (Å²) in [6, 6.07) is 8.67. The number of hydrogen-bond acceptors (Lipinski definition) is 5. The Labute approximate surface area is 171 Å². The number of thiophene rings is 1. The van der Waals surface area contributed by atoms with Gasteiger partial charge in [0.25, 0.3) is 5.91 Å². The van der Waals surface area contributed by atoms with Crippen LogP contribution in [0.5, 0.6) is 0 Å². The molecule has 1 atom stereocenters. The van der Waals surface area contributed by atoms with Crippen molar-refractivity contribution in [2.24, 2.45) is 5.73 Å². The van der Waals surface area contributed by atoms with Crippen LogP contribution in [0.25, 0.3) is 10.9 Å². The maximum atomic E-state index is 12.8. The van der Waals surface area contributed by atoms with Gasteiger partial charge in [0.2, 0.25) is 0 Å². The van der Waals surface area contributed by atoms with Crippen molar-refractivity contribution in [3.63, 3.8) is 0 Å². The average molecular weight is 408 g/mol. The number of urea groups is 1. The number of anilines is 1. The number of rotatable bonds is 3. The SMILES string of the molecule is NC(=O)Nc1cc(C#Cc2[nH]nc3ccccc23)sc1C(=O)NC1CCCNC1. The molecule has 3 heterocycles. The summed E-state index contributed by atoms with van der Waals surface area (Å²) >= 11 is 1.21. The van der Waals surface area contributed by atoms with Gasteiger partial charge in [-0.1, -0.05) is 12.1 Å². The van der Waals surface area contributed by atoms with Gasteiger partial charge in [0.1, 0.15) is 10.6 Å². The van der Waals surface area contributed by atoms with Crippen LogP contribution in [0.3, 0.4) is 0 Å². The molecule has 1 aliphatic heterocycles. The number of aromatic nitrogens is 2. The van der Waals surface area contributed by atoms with Crippen molar-refractivity contribution in [1.29, 1.82) is 0 Å². The monoisotopic (exact) mass is 408 g/mol. The van der Waals surface area contributed by atoms with E-state index in [0.29, 0.717) is 21.1 Å². The van der Waals surface area contributed by atoms with Crippen LogP contribution in [-0.2, 0) is 0 Å². The van der Waals surface area contributed by atoms with Crippen LogP contribution in [0.1, 0.15) is 33.1 Å². The Morgan fingerprint density at radius 1 is 1.28 bits per heavy atom. The van der Waals surface area contributed by atoms with Crippen molar-refractivity contribution in [1.82, 2.24) is 20.8 Å². The van der Waals surface area contributed by atoms with E-state index in [1.807, 2.05) is 24.3 Å². The summed E-state index contributed by atoms with van der Waals surface area (Å²) in [6.07, 6.45) is 1.93. The number of aromatic amines is 1. The molecule has 3 aromatic rings.